The summed E-state index contributed by atoms with van der Waals surface area (Å²) in [6.45, 7) is 5.97. The molecule has 1 aliphatic rings. The van der Waals surface area contributed by atoms with Gasteiger partial charge in [0.15, 0.2) is 11.6 Å². The third-order valence-corrected chi connectivity index (χ3v) is 4.01. The number of fused-ring (bicyclic) bond motifs is 1. The average molecular weight is 308 g/mol. The summed E-state index contributed by atoms with van der Waals surface area (Å²) in [5.41, 5.74) is 12.4. The van der Waals surface area contributed by atoms with Crippen LogP contribution in [0.25, 0.3) is 10.9 Å². The number of nitrogens with zero attached hydrogens (tertiary/aromatic N) is 2. The fourth-order valence-corrected chi connectivity index (χ4v) is 3.07. The van der Waals surface area contributed by atoms with Gasteiger partial charge >= 0.3 is 0 Å². The van der Waals surface area contributed by atoms with Gasteiger partial charge in [-0.1, -0.05) is 0 Å². The molecule has 0 aliphatic carbocycles. The van der Waals surface area contributed by atoms with E-state index in [0.717, 1.165) is 6.20 Å². The minimum Gasteiger partial charge on any atom is -0.383 e. The van der Waals surface area contributed by atoms with Gasteiger partial charge < -0.3 is 25.5 Å². The predicted molar refractivity (Wildman–Crippen MR) is 81.7 cm³/mol. The van der Waals surface area contributed by atoms with E-state index in [4.69, 9.17) is 20.9 Å². The van der Waals surface area contributed by atoms with Crippen molar-refractivity contribution in [2.75, 3.05) is 12.3 Å². The third kappa shape index (κ3) is 2.45. The second-order valence-corrected chi connectivity index (χ2v) is 6.19. The topological polar surface area (TPSA) is 88.3 Å². The lowest BCUT2D eigenvalue weighted by Gasteiger charge is -2.29. The highest BCUT2D eigenvalue weighted by atomic mass is 19.1. The number of aromatic nitrogens is 2. The molecule has 1 fully saturated rings. The number of halogens is 1. The molecule has 3 heterocycles. The van der Waals surface area contributed by atoms with Crippen molar-refractivity contribution in [3.8, 4) is 0 Å². The number of hydrogen-bond acceptors (Lipinski definition) is 5. The summed E-state index contributed by atoms with van der Waals surface area (Å²) >= 11 is 0. The van der Waals surface area contributed by atoms with Crippen LogP contribution in [0.3, 0.4) is 0 Å². The first kappa shape index (κ1) is 15.2. The fraction of sp³-hybridized carbons (Fsp3) is 0.533. The van der Waals surface area contributed by atoms with E-state index in [-0.39, 0.29) is 18.2 Å². The quantitative estimate of drug-likeness (QED) is 0.902. The van der Waals surface area contributed by atoms with E-state index in [1.807, 2.05) is 20.8 Å². The fourth-order valence-electron chi connectivity index (χ4n) is 3.07. The Bertz CT molecular complexity index is 698. The van der Waals surface area contributed by atoms with Gasteiger partial charge in [-0.15, -0.1) is 0 Å². The third-order valence-electron chi connectivity index (χ3n) is 4.01. The number of pyridine rings is 1. The maximum atomic E-state index is 14.3. The number of hydrogen-bond donors (Lipinski definition) is 2. The molecule has 0 saturated carbocycles. The highest BCUT2D eigenvalue weighted by Gasteiger charge is 2.40. The van der Waals surface area contributed by atoms with E-state index < -0.39 is 11.6 Å². The molecule has 2 aromatic heterocycles. The first-order chi connectivity index (χ1) is 10.3. The van der Waals surface area contributed by atoms with Crippen LogP contribution >= 0.6 is 0 Å². The summed E-state index contributed by atoms with van der Waals surface area (Å²) in [5.74, 6) is -0.805. The van der Waals surface area contributed by atoms with Crippen LogP contribution in [0.4, 0.5) is 10.2 Å². The van der Waals surface area contributed by atoms with Crippen molar-refractivity contribution in [1.82, 2.24) is 9.55 Å². The first-order valence-electron chi connectivity index (χ1n) is 7.28. The SMILES string of the molecule is CC(N)C([C@H]1COC(C)(C)O1)n1ccc2c(N)ncc(F)c21. The molecule has 4 N–H and O–H groups in total. The highest BCUT2D eigenvalue weighted by molar-refractivity contribution is 5.89. The zero-order chi connectivity index (χ0) is 16.1. The summed E-state index contributed by atoms with van der Waals surface area (Å²) in [7, 11) is 0. The Morgan fingerprint density at radius 1 is 1.50 bits per heavy atom. The Hall–Kier alpha value is -1.70. The summed E-state index contributed by atoms with van der Waals surface area (Å²) in [4.78, 5) is 3.85. The molecule has 7 heteroatoms. The van der Waals surface area contributed by atoms with Crippen molar-refractivity contribution in [3.05, 3.63) is 24.3 Å². The molecule has 1 aliphatic heterocycles. The molecule has 0 spiro atoms. The Labute approximate surface area is 128 Å². The second kappa shape index (κ2) is 5.19. The Morgan fingerprint density at radius 2 is 2.23 bits per heavy atom. The predicted octanol–water partition coefficient (Wildman–Crippen LogP) is 1.80. The van der Waals surface area contributed by atoms with Crippen LogP contribution < -0.4 is 11.5 Å². The maximum absolute atomic E-state index is 14.3. The van der Waals surface area contributed by atoms with Gasteiger partial charge in [0, 0.05) is 17.6 Å². The van der Waals surface area contributed by atoms with Gasteiger partial charge in [0.1, 0.15) is 11.9 Å². The lowest BCUT2D eigenvalue weighted by molar-refractivity contribution is -0.144. The highest BCUT2D eigenvalue weighted by Crippen LogP contribution is 2.34. The van der Waals surface area contributed by atoms with Crippen LogP contribution in [0.1, 0.15) is 26.8 Å². The molecule has 3 rings (SSSR count). The molecule has 6 nitrogen and oxygen atoms in total. The standard InChI is InChI=1S/C15H21FN4O2/c1-8(17)12(11-7-21-15(2,3)22-11)20-5-4-9-13(20)10(16)6-19-14(9)18/h4-6,8,11-12H,7,17H2,1-3H3,(H2,18,19)/t8?,11-,12?/m1/s1. The Balaban J connectivity index is 2.09. The van der Waals surface area contributed by atoms with Crippen molar-refractivity contribution < 1.29 is 13.9 Å². The van der Waals surface area contributed by atoms with Gasteiger partial charge in [-0.2, -0.15) is 0 Å². The molecule has 0 amide bonds. The number of nitrogens with two attached hydrogens (primary N) is 2. The monoisotopic (exact) mass is 308 g/mol. The molecular weight excluding hydrogens is 287 g/mol. The summed E-state index contributed by atoms with van der Waals surface area (Å²) < 4.78 is 27.6. The van der Waals surface area contributed by atoms with Crippen molar-refractivity contribution in [2.45, 2.75) is 44.7 Å². The van der Waals surface area contributed by atoms with Gasteiger partial charge in [-0.25, -0.2) is 9.37 Å². The lowest BCUT2D eigenvalue weighted by atomic mass is 10.0. The maximum Gasteiger partial charge on any atom is 0.165 e. The average Bonchev–Trinajstić information content (AvgIpc) is 2.99. The molecule has 2 aromatic rings. The van der Waals surface area contributed by atoms with Crippen molar-refractivity contribution in [3.63, 3.8) is 0 Å². The molecule has 0 aromatic carbocycles. The summed E-state index contributed by atoms with van der Waals surface area (Å²) in [6, 6.07) is 1.22. The van der Waals surface area contributed by atoms with Crippen LogP contribution in [0.15, 0.2) is 18.5 Å². The van der Waals surface area contributed by atoms with Crippen molar-refractivity contribution >= 4 is 16.7 Å². The lowest BCUT2D eigenvalue weighted by Crippen LogP contribution is -2.39. The van der Waals surface area contributed by atoms with Crippen LogP contribution in [-0.4, -0.2) is 34.1 Å². The summed E-state index contributed by atoms with van der Waals surface area (Å²) in [6.07, 6.45) is 2.64. The largest absolute Gasteiger partial charge is 0.383 e. The molecule has 0 radical (unpaired) electrons. The van der Waals surface area contributed by atoms with Crippen LogP contribution in [-0.2, 0) is 9.47 Å². The van der Waals surface area contributed by atoms with Gasteiger partial charge in [0.2, 0.25) is 0 Å². The number of nitrogen functional groups attached to an aromatic ring is 1. The molecular formula is C15H21FN4O2. The van der Waals surface area contributed by atoms with E-state index in [1.54, 1.807) is 16.8 Å². The van der Waals surface area contributed by atoms with E-state index in [1.165, 1.54) is 0 Å². The normalized spacial score (nSPS) is 23.8. The van der Waals surface area contributed by atoms with E-state index in [0.29, 0.717) is 23.3 Å². The van der Waals surface area contributed by atoms with Gasteiger partial charge in [-0.05, 0) is 26.8 Å². The molecule has 120 valence electrons. The van der Waals surface area contributed by atoms with Crippen molar-refractivity contribution in [2.24, 2.45) is 5.73 Å². The number of anilines is 1. The van der Waals surface area contributed by atoms with Gasteiger partial charge in [0.05, 0.1) is 24.4 Å². The Morgan fingerprint density at radius 3 is 2.82 bits per heavy atom. The molecule has 2 unspecified atom stereocenters. The van der Waals surface area contributed by atoms with Crippen LogP contribution in [0, 0.1) is 5.82 Å². The van der Waals surface area contributed by atoms with Crippen molar-refractivity contribution in [1.29, 1.82) is 0 Å². The molecule has 0 bridgehead atoms. The minimum atomic E-state index is -0.667. The van der Waals surface area contributed by atoms with Crippen LogP contribution in [0.5, 0.6) is 0 Å². The van der Waals surface area contributed by atoms with E-state index >= 15 is 0 Å². The van der Waals surface area contributed by atoms with E-state index in [9.17, 15) is 4.39 Å². The van der Waals surface area contributed by atoms with Crippen LogP contribution in [0.2, 0.25) is 0 Å². The van der Waals surface area contributed by atoms with Gasteiger partial charge in [-0.3, -0.25) is 0 Å². The zero-order valence-corrected chi connectivity index (χ0v) is 12.9. The van der Waals surface area contributed by atoms with E-state index in [2.05, 4.69) is 4.98 Å². The molecule has 3 atom stereocenters. The zero-order valence-electron chi connectivity index (χ0n) is 12.9. The Kier molecular flexibility index (Phi) is 3.58. The molecule has 22 heavy (non-hydrogen) atoms. The van der Waals surface area contributed by atoms with Gasteiger partial charge in [0.25, 0.3) is 0 Å². The second-order valence-electron chi connectivity index (χ2n) is 6.19. The minimum absolute atomic E-state index is 0.258. The smallest absolute Gasteiger partial charge is 0.165 e. The summed E-state index contributed by atoms with van der Waals surface area (Å²) in [5, 5.41) is 0.573. The first-order valence-corrected chi connectivity index (χ1v) is 7.28. The number of ether oxygens (including phenoxy) is 2. The number of rotatable bonds is 3. The molecule has 1 saturated heterocycles.